The highest BCUT2D eigenvalue weighted by atomic mass is 79.9. The molecule has 0 spiro atoms. The Hall–Kier alpha value is -0.380. The van der Waals surface area contributed by atoms with Crippen LogP contribution in [-0.2, 0) is 0 Å². The molecule has 0 amide bonds. The summed E-state index contributed by atoms with van der Waals surface area (Å²) >= 11 is 2.89. The first kappa shape index (κ1) is 6.74. The Morgan fingerprint density at radius 3 is 2.33 bits per heavy atom. The van der Waals surface area contributed by atoms with Crippen LogP contribution >= 0.6 is 15.9 Å². The van der Waals surface area contributed by atoms with E-state index in [4.69, 9.17) is 0 Å². The van der Waals surface area contributed by atoms with Gasteiger partial charge < -0.3 is 4.42 Å². The second-order valence-electron chi connectivity index (χ2n) is 1.48. The fraction of sp³-hybridized carbons (Fsp3) is 0.200. The fourth-order valence-corrected chi connectivity index (χ4v) is 0.821. The lowest BCUT2D eigenvalue weighted by Gasteiger charge is -1.90. The first-order chi connectivity index (χ1) is 4.22. The second kappa shape index (κ2) is 2.47. The molecule has 0 fully saturated rings. The van der Waals surface area contributed by atoms with Gasteiger partial charge in [0.25, 0.3) is 6.43 Å². The van der Waals surface area contributed by atoms with Crippen LogP contribution in [0.25, 0.3) is 0 Å². The van der Waals surface area contributed by atoms with Gasteiger partial charge in [0.15, 0.2) is 0 Å². The number of hydrogen-bond donors (Lipinski definition) is 0. The molecule has 1 nitrogen and oxygen atoms in total. The molecule has 0 atom stereocenters. The lowest BCUT2D eigenvalue weighted by atomic mass is 10.4. The Morgan fingerprint density at radius 1 is 1.44 bits per heavy atom. The number of rotatable bonds is 1. The zero-order valence-electron chi connectivity index (χ0n) is 4.27. The van der Waals surface area contributed by atoms with Crippen molar-refractivity contribution in [1.29, 1.82) is 0 Å². The molecule has 1 aromatic heterocycles. The average Bonchev–Trinajstić information content (AvgIpc) is 2.13. The van der Waals surface area contributed by atoms with Crippen molar-refractivity contribution >= 4 is 15.9 Å². The molecule has 0 saturated heterocycles. The Labute approximate surface area is 58.8 Å². The van der Waals surface area contributed by atoms with Gasteiger partial charge >= 0.3 is 0 Å². The van der Waals surface area contributed by atoms with E-state index < -0.39 is 6.43 Å². The van der Waals surface area contributed by atoms with Gasteiger partial charge in [0, 0.05) is 0 Å². The van der Waals surface area contributed by atoms with Crippen molar-refractivity contribution in [2.45, 2.75) is 6.43 Å². The van der Waals surface area contributed by atoms with Crippen molar-refractivity contribution in [1.82, 2.24) is 0 Å². The van der Waals surface area contributed by atoms with Gasteiger partial charge in [-0.15, -0.1) is 0 Å². The fourth-order valence-electron chi connectivity index (χ4n) is 0.447. The quantitative estimate of drug-likeness (QED) is 0.674. The maximum atomic E-state index is 11.8. The highest BCUT2D eigenvalue weighted by Gasteiger charge is 2.12. The van der Waals surface area contributed by atoms with Crippen LogP contribution in [0, 0.1) is 0 Å². The standard InChI is InChI=1S/C5H3BrF2O/c6-4-2-9-1-3(4)5(7)8/h1-2,5H. The molecule has 0 saturated carbocycles. The number of hydrogen-bond acceptors (Lipinski definition) is 1. The van der Waals surface area contributed by atoms with Crippen LogP contribution in [0.5, 0.6) is 0 Å². The molecule has 0 unspecified atom stereocenters. The van der Waals surface area contributed by atoms with Crippen LogP contribution in [0.3, 0.4) is 0 Å². The van der Waals surface area contributed by atoms with Gasteiger partial charge in [-0.25, -0.2) is 8.78 Å². The van der Waals surface area contributed by atoms with Crippen LogP contribution in [0.2, 0.25) is 0 Å². The van der Waals surface area contributed by atoms with Crippen LogP contribution < -0.4 is 0 Å². The first-order valence-electron chi connectivity index (χ1n) is 2.21. The number of alkyl halides is 2. The summed E-state index contributed by atoms with van der Waals surface area (Å²) < 4.78 is 28.3. The van der Waals surface area contributed by atoms with E-state index in [1.165, 1.54) is 6.26 Å². The Balaban J connectivity index is 2.94. The molecule has 0 aliphatic heterocycles. The highest BCUT2D eigenvalue weighted by Crippen LogP contribution is 2.27. The van der Waals surface area contributed by atoms with E-state index in [0.29, 0.717) is 4.47 Å². The summed E-state index contributed by atoms with van der Waals surface area (Å²) in [6, 6.07) is 0. The maximum absolute atomic E-state index is 11.8. The molecule has 1 aromatic rings. The summed E-state index contributed by atoms with van der Waals surface area (Å²) in [4.78, 5) is 0. The summed E-state index contributed by atoms with van der Waals surface area (Å²) in [6.45, 7) is 0. The minimum absolute atomic E-state index is 0.102. The zero-order valence-corrected chi connectivity index (χ0v) is 5.86. The normalized spacial score (nSPS) is 10.7. The van der Waals surface area contributed by atoms with Crippen molar-refractivity contribution in [2.75, 3.05) is 0 Å². The highest BCUT2D eigenvalue weighted by molar-refractivity contribution is 9.10. The van der Waals surface area contributed by atoms with Crippen LogP contribution in [-0.4, -0.2) is 0 Å². The van der Waals surface area contributed by atoms with Crippen molar-refractivity contribution in [2.24, 2.45) is 0 Å². The van der Waals surface area contributed by atoms with Gasteiger partial charge in [0.2, 0.25) is 0 Å². The average molecular weight is 197 g/mol. The predicted molar refractivity (Wildman–Crippen MR) is 31.4 cm³/mol. The van der Waals surface area contributed by atoms with Crippen molar-refractivity contribution in [3.63, 3.8) is 0 Å². The largest absolute Gasteiger partial charge is 0.471 e. The van der Waals surface area contributed by atoms with Gasteiger partial charge in [0.1, 0.15) is 12.5 Å². The van der Waals surface area contributed by atoms with Crippen molar-refractivity contribution < 1.29 is 13.2 Å². The molecule has 0 N–H and O–H groups in total. The molecule has 1 heterocycles. The molecule has 4 heteroatoms. The summed E-state index contributed by atoms with van der Waals surface area (Å²) in [7, 11) is 0. The van der Waals surface area contributed by atoms with Crippen LogP contribution in [0.15, 0.2) is 21.4 Å². The second-order valence-corrected chi connectivity index (χ2v) is 2.33. The van der Waals surface area contributed by atoms with Gasteiger partial charge in [-0.2, -0.15) is 0 Å². The molecule has 0 aliphatic rings. The van der Waals surface area contributed by atoms with E-state index in [2.05, 4.69) is 20.3 Å². The molecule has 1 rings (SSSR count). The van der Waals surface area contributed by atoms with E-state index in [1.807, 2.05) is 0 Å². The van der Waals surface area contributed by atoms with E-state index in [1.54, 1.807) is 0 Å². The molecular weight excluding hydrogens is 194 g/mol. The molecule has 0 bridgehead atoms. The predicted octanol–water partition coefficient (Wildman–Crippen LogP) is 2.98. The van der Waals surface area contributed by atoms with Gasteiger partial charge in [-0.3, -0.25) is 0 Å². The third-order valence-corrected chi connectivity index (χ3v) is 1.52. The number of halogens is 3. The zero-order chi connectivity index (χ0) is 6.85. The monoisotopic (exact) mass is 196 g/mol. The molecule has 9 heavy (non-hydrogen) atoms. The topological polar surface area (TPSA) is 13.1 Å². The summed E-state index contributed by atoms with van der Waals surface area (Å²) in [5.74, 6) is 0. The van der Waals surface area contributed by atoms with Gasteiger partial charge in [-0.1, -0.05) is 0 Å². The molecule has 0 aliphatic carbocycles. The van der Waals surface area contributed by atoms with Gasteiger partial charge in [0.05, 0.1) is 10.0 Å². The summed E-state index contributed by atoms with van der Waals surface area (Å²) in [5.41, 5.74) is -0.102. The SMILES string of the molecule is FC(F)c1cocc1Br. The minimum atomic E-state index is -2.46. The van der Waals surface area contributed by atoms with Gasteiger partial charge in [-0.05, 0) is 15.9 Å². The smallest absolute Gasteiger partial charge is 0.268 e. The number of furan rings is 1. The molecule has 0 aromatic carbocycles. The van der Waals surface area contributed by atoms with E-state index >= 15 is 0 Å². The van der Waals surface area contributed by atoms with E-state index in [-0.39, 0.29) is 5.56 Å². The molecular formula is C5H3BrF2O. The Morgan fingerprint density at radius 2 is 2.11 bits per heavy atom. The maximum Gasteiger partial charge on any atom is 0.268 e. The Bertz CT molecular complexity index is 197. The van der Waals surface area contributed by atoms with Crippen LogP contribution in [0.1, 0.15) is 12.0 Å². The first-order valence-corrected chi connectivity index (χ1v) is 3.01. The Kier molecular flexibility index (Phi) is 1.85. The molecule has 50 valence electrons. The van der Waals surface area contributed by atoms with Crippen molar-refractivity contribution in [3.05, 3.63) is 22.6 Å². The molecule has 0 radical (unpaired) electrons. The van der Waals surface area contributed by atoms with E-state index in [0.717, 1.165) is 6.26 Å². The third-order valence-electron chi connectivity index (χ3n) is 0.877. The third kappa shape index (κ3) is 1.30. The minimum Gasteiger partial charge on any atom is -0.471 e. The lowest BCUT2D eigenvalue weighted by molar-refractivity contribution is 0.150. The summed E-state index contributed by atoms with van der Waals surface area (Å²) in [6.07, 6.45) is -0.214. The lowest BCUT2D eigenvalue weighted by Crippen LogP contribution is -1.77. The van der Waals surface area contributed by atoms with Crippen molar-refractivity contribution in [3.8, 4) is 0 Å². The van der Waals surface area contributed by atoms with E-state index in [9.17, 15) is 8.78 Å². The summed E-state index contributed by atoms with van der Waals surface area (Å²) in [5, 5.41) is 0. The van der Waals surface area contributed by atoms with Crippen LogP contribution in [0.4, 0.5) is 8.78 Å².